The van der Waals surface area contributed by atoms with E-state index in [2.05, 4.69) is 19.1 Å². The van der Waals surface area contributed by atoms with Gasteiger partial charge >= 0.3 is 0 Å². The lowest BCUT2D eigenvalue weighted by Gasteiger charge is -2.14. The van der Waals surface area contributed by atoms with Gasteiger partial charge in [-0.3, -0.25) is 4.79 Å². The summed E-state index contributed by atoms with van der Waals surface area (Å²) in [6.45, 7) is 8.06. The SMILES string of the molecule is Cc1ccccc1CC(C)C(=O)C(C)C. The van der Waals surface area contributed by atoms with E-state index in [9.17, 15) is 4.79 Å². The largest absolute Gasteiger partial charge is 0.299 e. The molecule has 0 aliphatic heterocycles. The molecule has 0 saturated carbocycles. The molecule has 1 rings (SSSR count). The van der Waals surface area contributed by atoms with Gasteiger partial charge in [-0.05, 0) is 24.5 Å². The maximum Gasteiger partial charge on any atom is 0.138 e. The van der Waals surface area contributed by atoms with Crippen LogP contribution in [-0.2, 0) is 11.2 Å². The van der Waals surface area contributed by atoms with Gasteiger partial charge < -0.3 is 0 Å². The van der Waals surface area contributed by atoms with E-state index in [0.29, 0.717) is 5.78 Å². The zero-order valence-electron chi connectivity index (χ0n) is 10.1. The molecule has 0 amide bonds. The third kappa shape index (κ3) is 3.19. The number of aryl methyl sites for hydroxylation is 1. The van der Waals surface area contributed by atoms with E-state index < -0.39 is 0 Å². The number of ketones is 1. The Morgan fingerprint density at radius 3 is 2.33 bits per heavy atom. The molecule has 0 fully saturated rings. The molecule has 0 aliphatic rings. The Balaban J connectivity index is 2.71. The summed E-state index contributed by atoms with van der Waals surface area (Å²) in [5, 5.41) is 0. The van der Waals surface area contributed by atoms with Gasteiger partial charge in [-0.25, -0.2) is 0 Å². The average molecular weight is 204 g/mol. The fourth-order valence-corrected chi connectivity index (χ4v) is 1.84. The standard InChI is InChI=1S/C14H20O/c1-10(2)14(15)12(4)9-13-8-6-5-7-11(13)3/h5-8,10,12H,9H2,1-4H3. The normalized spacial score (nSPS) is 12.9. The Labute approximate surface area is 92.5 Å². The van der Waals surface area contributed by atoms with Crippen LogP contribution in [0.5, 0.6) is 0 Å². The van der Waals surface area contributed by atoms with Gasteiger partial charge in [-0.1, -0.05) is 45.0 Å². The summed E-state index contributed by atoms with van der Waals surface area (Å²) >= 11 is 0. The van der Waals surface area contributed by atoms with Crippen molar-refractivity contribution in [3.63, 3.8) is 0 Å². The zero-order chi connectivity index (χ0) is 11.4. The van der Waals surface area contributed by atoms with Crippen LogP contribution in [0.2, 0.25) is 0 Å². The second kappa shape index (κ2) is 5.11. The highest BCUT2D eigenvalue weighted by Gasteiger charge is 2.17. The lowest BCUT2D eigenvalue weighted by molar-refractivity contribution is -0.125. The van der Waals surface area contributed by atoms with Crippen LogP contribution in [0.3, 0.4) is 0 Å². The van der Waals surface area contributed by atoms with Gasteiger partial charge in [0.05, 0.1) is 0 Å². The predicted molar refractivity (Wildman–Crippen MR) is 63.9 cm³/mol. The minimum Gasteiger partial charge on any atom is -0.299 e. The van der Waals surface area contributed by atoms with Gasteiger partial charge in [0.25, 0.3) is 0 Å². The number of hydrogen-bond donors (Lipinski definition) is 0. The molecular weight excluding hydrogens is 184 g/mol. The molecule has 0 radical (unpaired) electrons. The zero-order valence-corrected chi connectivity index (χ0v) is 10.1. The summed E-state index contributed by atoms with van der Waals surface area (Å²) < 4.78 is 0. The molecular formula is C14H20O. The third-order valence-electron chi connectivity index (χ3n) is 2.84. The maximum atomic E-state index is 11.8. The topological polar surface area (TPSA) is 17.1 Å². The van der Waals surface area contributed by atoms with Crippen molar-refractivity contribution in [2.45, 2.75) is 34.1 Å². The van der Waals surface area contributed by atoms with Crippen molar-refractivity contribution in [1.29, 1.82) is 0 Å². The third-order valence-corrected chi connectivity index (χ3v) is 2.84. The van der Waals surface area contributed by atoms with E-state index in [1.165, 1.54) is 11.1 Å². The number of Topliss-reactive ketones (excluding diaryl/α,β-unsaturated/α-hetero) is 1. The molecule has 82 valence electrons. The Kier molecular flexibility index (Phi) is 4.07. The summed E-state index contributed by atoms with van der Waals surface area (Å²) in [7, 11) is 0. The van der Waals surface area contributed by atoms with Crippen molar-refractivity contribution in [1.82, 2.24) is 0 Å². The van der Waals surface area contributed by atoms with Crippen molar-refractivity contribution in [2.24, 2.45) is 11.8 Å². The minimum atomic E-state index is 0.131. The molecule has 0 aromatic heterocycles. The summed E-state index contributed by atoms with van der Waals surface area (Å²) in [6.07, 6.45) is 0.865. The Morgan fingerprint density at radius 2 is 1.80 bits per heavy atom. The molecule has 0 saturated heterocycles. The van der Waals surface area contributed by atoms with Crippen molar-refractivity contribution in [3.8, 4) is 0 Å². The van der Waals surface area contributed by atoms with E-state index in [-0.39, 0.29) is 11.8 Å². The molecule has 1 unspecified atom stereocenters. The molecule has 0 aliphatic carbocycles. The van der Waals surface area contributed by atoms with Gasteiger partial charge in [-0.2, -0.15) is 0 Å². The number of carbonyl (C=O) groups excluding carboxylic acids is 1. The number of rotatable bonds is 4. The first-order valence-corrected chi connectivity index (χ1v) is 5.60. The molecule has 0 spiro atoms. The molecule has 0 bridgehead atoms. The quantitative estimate of drug-likeness (QED) is 0.734. The van der Waals surface area contributed by atoms with E-state index in [4.69, 9.17) is 0 Å². The van der Waals surface area contributed by atoms with Crippen LogP contribution in [0.1, 0.15) is 31.9 Å². The fraction of sp³-hybridized carbons (Fsp3) is 0.500. The second-order valence-corrected chi connectivity index (χ2v) is 4.59. The summed E-state index contributed by atoms with van der Waals surface area (Å²) in [4.78, 5) is 11.8. The van der Waals surface area contributed by atoms with Crippen molar-refractivity contribution < 1.29 is 4.79 Å². The fourth-order valence-electron chi connectivity index (χ4n) is 1.84. The van der Waals surface area contributed by atoms with Crippen LogP contribution in [0.4, 0.5) is 0 Å². The Bertz CT molecular complexity index is 339. The van der Waals surface area contributed by atoms with E-state index >= 15 is 0 Å². The summed E-state index contributed by atoms with van der Waals surface area (Å²) in [5.41, 5.74) is 2.57. The van der Waals surface area contributed by atoms with Gasteiger partial charge in [0.1, 0.15) is 5.78 Å². The van der Waals surface area contributed by atoms with Gasteiger partial charge in [0, 0.05) is 11.8 Å². The minimum absolute atomic E-state index is 0.131. The van der Waals surface area contributed by atoms with Crippen molar-refractivity contribution in [2.75, 3.05) is 0 Å². The Hall–Kier alpha value is -1.11. The molecule has 1 aromatic rings. The van der Waals surface area contributed by atoms with Gasteiger partial charge in [0.15, 0.2) is 0 Å². The lowest BCUT2D eigenvalue weighted by atomic mass is 9.90. The molecule has 1 nitrogen and oxygen atoms in total. The van der Waals surface area contributed by atoms with Crippen LogP contribution in [0, 0.1) is 18.8 Å². The molecule has 0 N–H and O–H groups in total. The highest BCUT2D eigenvalue weighted by atomic mass is 16.1. The van der Waals surface area contributed by atoms with Gasteiger partial charge in [0.2, 0.25) is 0 Å². The van der Waals surface area contributed by atoms with Crippen molar-refractivity contribution >= 4 is 5.78 Å². The van der Waals surface area contributed by atoms with E-state index in [1.807, 2.05) is 32.9 Å². The number of hydrogen-bond acceptors (Lipinski definition) is 1. The summed E-state index contributed by atoms with van der Waals surface area (Å²) in [5.74, 6) is 0.633. The lowest BCUT2D eigenvalue weighted by Crippen LogP contribution is -2.19. The molecule has 1 atom stereocenters. The van der Waals surface area contributed by atoms with Crippen molar-refractivity contribution in [3.05, 3.63) is 35.4 Å². The highest BCUT2D eigenvalue weighted by molar-refractivity contribution is 5.82. The molecule has 15 heavy (non-hydrogen) atoms. The monoisotopic (exact) mass is 204 g/mol. The molecule has 0 heterocycles. The number of benzene rings is 1. The van der Waals surface area contributed by atoms with Crippen LogP contribution >= 0.6 is 0 Å². The predicted octanol–water partition coefficient (Wildman–Crippen LogP) is 3.40. The summed E-state index contributed by atoms with van der Waals surface area (Å²) in [6, 6.07) is 8.28. The Morgan fingerprint density at radius 1 is 1.20 bits per heavy atom. The number of carbonyl (C=O) groups is 1. The first-order chi connectivity index (χ1) is 7.02. The first-order valence-electron chi connectivity index (χ1n) is 5.60. The molecule has 1 aromatic carbocycles. The van der Waals surface area contributed by atoms with Crippen LogP contribution < -0.4 is 0 Å². The van der Waals surface area contributed by atoms with Crippen LogP contribution in [0.15, 0.2) is 24.3 Å². The molecule has 1 heteroatoms. The van der Waals surface area contributed by atoms with E-state index in [0.717, 1.165) is 6.42 Å². The maximum absolute atomic E-state index is 11.8. The highest BCUT2D eigenvalue weighted by Crippen LogP contribution is 2.16. The van der Waals surface area contributed by atoms with Crippen LogP contribution in [-0.4, -0.2) is 5.78 Å². The first kappa shape index (κ1) is 12.0. The van der Waals surface area contributed by atoms with Gasteiger partial charge in [-0.15, -0.1) is 0 Å². The average Bonchev–Trinajstić information content (AvgIpc) is 2.20. The van der Waals surface area contributed by atoms with E-state index in [1.54, 1.807) is 0 Å². The smallest absolute Gasteiger partial charge is 0.138 e. The second-order valence-electron chi connectivity index (χ2n) is 4.59. The van der Waals surface area contributed by atoms with Crippen LogP contribution in [0.25, 0.3) is 0 Å².